The molecule has 1 aromatic carbocycles. The van der Waals surface area contributed by atoms with Crippen LogP contribution >= 0.6 is 0 Å². The molecule has 0 radical (unpaired) electrons. The van der Waals surface area contributed by atoms with Gasteiger partial charge in [-0.3, -0.25) is 19.3 Å². The lowest BCUT2D eigenvalue weighted by Crippen LogP contribution is -2.36. The molecule has 1 N–H and O–H groups in total. The molecular formula is C20H24N2O3. The van der Waals surface area contributed by atoms with Crippen molar-refractivity contribution < 1.29 is 14.4 Å². The van der Waals surface area contributed by atoms with E-state index in [1.165, 1.54) is 4.90 Å². The van der Waals surface area contributed by atoms with Crippen LogP contribution in [0.25, 0.3) is 0 Å². The fraction of sp³-hybridized carbons (Fsp3) is 0.450. The number of imide groups is 1. The van der Waals surface area contributed by atoms with E-state index in [1.54, 1.807) is 0 Å². The van der Waals surface area contributed by atoms with Gasteiger partial charge in [-0.1, -0.05) is 49.4 Å². The summed E-state index contributed by atoms with van der Waals surface area (Å²) < 4.78 is 0. The Morgan fingerprint density at radius 1 is 1.12 bits per heavy atom. The molecule has 1 heterocycles. The van der Waals surface area contributed by atoms with Gasteiger partial charge in [0, 0.05) is 13.0 Å². The molecule has 2 aliphatic rings. The Morgan fingerprint density at radius 2 is 1.72 bits per heavy atom. The number of amides is 3. The normalized spacial score (nSPS) is 23.5. The monoisotopic (exact) mass is 340 g/mol. The number of nitrogens with one attached hydrogen (secondary N) is 1. The average molecular weight is 340 g/mol. The van der Waals surface area contributed by atoms with Crippen LogP contribution < -0.4 is 5.32 Å². The summed E-state index contributed by atoms with van der Waals surface area (Å²) in [5, 5.41) is 3.00. The van der Waals surface area contributed by atoms with Crippen LogP contribution in [0, 0.1) is 11.8 Å². The van der Waals surface area contributed by atoms with Crippen LogP contribution in [0.1, 0.15) is 44.2 Å². The minimum Gasteiger partial charge on any atom is -0.349 e. The molecular weight excluding hydrogens is 316 g/mol. The van der Waals surface area contributed by atoms with E-state index >= 15 is 0 Å². The Bertz CT molecular complexity index is 657. The smallest absolute Gasteiger partial charge is 0.233 e. The predicted molar refractivity (Wildman–Crippen MR) is 94.3 cm³/mol. The van der Waals surface area contributed by atoms with E-state index in [0.717, 1.165) is 12.0 Å². The summed E-state index contributed by atoms with van der Waals surface area (Å²) in [5.74, 6) is -0.838. The zero-order valence-electron chi connectivity index (χ0n) is 14.5. The number of carbonyl (C=O) groups excluding carboxylic acids is 3. The molecule has 3 amide bonds. The van der Waals surface area contributed by atoms with Crippen LogP contribution in [-0.4, -0.2) is 29.2 Å². The average Bonchev–Trinajstić information content (AvgIpc) is 2.89. The maximum Gasteiger partial charge on any atom is 0.233 e. The molecule has 0 spiro atoms. The number of carbonyl (C=O) groups is 3. The second-order valence-corrected chi connectivity index (χ2v) is 6.67. The summed E-state index contributed by atoms with van der Waals surface area (Å²) in [5.41, 5.74) is 1.06. The van der Waals surface area contributed by atoms with Crippen molar-refractivity contribution in [2.75, 3.05) is 6.54 Å². The molecule has 1 fully saturated rings. The minimum absolute atomic E-state index is 0.0505. The van der Waals surface area contributed by atoms with Crippen LogP contribution in [0.4, 0.5) is 0 Å². The minimum atomic E-state index is -0.228. The molecule has 5 heteroatoms. The zero-order chi connectivity index (χ0) is 17.8. The predicted octanol–water partition coefficient (Wildman–Crippen LogP) is 2.60. The molecule has 0 unspecified atom stereocenters. The van der Waals surface area contributed by atoms with Crippen molar-refractivity contribution in [1.82, 2.24) is 10.2 Å². The highest BCUT2D eigenvalue weighted by Gasteiger charge is 2.46. The number of fused-ring (bicyclic) bond motifs is 1. The molecule has 0 saturated carbocycles. The summed E-state index contributed by atoms with van der Waals surface area (Å²) in [7, 11) is 0. The van der Waals surface area contributed by atoms with E-state index in [1.807, 2.05) is 49.4 Å². The van der Waals surface area contributed by atoms with E-state index in [-0.39, 0.29) is 48.6 Å². The Morgan fingerprint density at radius 3 is 2.28 bits per heavy atom. The van der Waals surface area contributed by atoms with Crippen LogP contribution in [0.3, 0.4) is 0 Å². The van der Waals surface area contributed by atoms with Gasteiger partial charge in [-0.2, -0.15) is 0 Å². The highest BCUT2D eigenvalue weighted by atomic mass is 16.2. The third-order valence-electron chi connectivity index (χ3n) is 5.11. The summed E-state index contributed by atoms with van der Waals surface area (Å²) in [6, 6.07) is 9.75. The van der Waals surface area contributed by atoms with Gasteiger partial charge < -0.3 is 5.32 Å². The zero-order valence-corrected chi connectivity index (χ0v) is 14.5. The molecule has 1 aliphatic heterocycles. The summed E-state index contributed by atoms with van der Waals surface area (Å²) in [4.78, 5) is 38.4. The lowest BCUT2D eigenvalue weighted by molar-refractivity contribution is -0.140. The van der Waals surface area contributed by atoms with Crippen LogP contribution in [-0.2, 0) is 14.4 Å². The lowest BCUT2D eigenvalue weighted by Gasteiger charge is -2.19. The third-order valence-corrected chi connectivity index (χ3v) is 5.11. The van der Waals surface area contributed by atoms with Crippen molar-refractivity contribution >= 4 is 17.7 Å². The van der Waals surface area contributed by atoms with Gasteiger partial charge in [-0.25, -0.2) is 0 Å². The van der Waals surface area contributed by atoms with Gasteiger partial charge in [0.2, 0.25) is 17.7 Å². The number of nitrogens with zero attached hydrogens (tertiary/aromatic N) is 1. The van der Waals surface area contributed by atoms with Crippen molar-refractivity contribution in [2.45, 2.75) is 38.6 Å². The fourth-order valence-corrected chi connectivity index (χ4v) is 3.68. The Kier molecular flexibility index (Phi) is 5.31. The number of benzene rings is 1. The van der Waals surface area contributed by atoms with Crippen LogP contribution in [0.15, 0.2) is 42.5 Å². The largest absolute Gasteiger partial charge is 0.349 e. The van der Waals surface area contributed by atoms with E-state index in [0.29, 0.717) is 12.8 Å². The van der Waals surface area contributed by atoms with E-state index in [9.17, 15) is 14.4 Å². The SMILES string of the molecule is CC[C@@H](NC(=O)CCN1C(=O)[C@H]2CC=CC[C@H]2C1=O)c1ccccc1. The summed E-state index contributed by atoms with van der Waals surface area (Å²) in [6.07, 6.45) is 6.12. The van der Waals surface area contributed by atoms with Crippen molar-refractivity contribution in [3.63, 3.8) is 0 Å². The number of rotatable bonds is 6. The number of allylic oxidation sites excluding steroid dienone is 2. The fourth-order valence-electron chi connectivity index (χ4n) is 3.68. The van der Waals surface area contributed by atoms with Gasteiger partial charge in [-0.05, 0) is 24.8 Å². The first kappa shape index (κ1) is 17.4. The van der Waals surface area contributed by atoms with Gasteiger partial charge in [0.25, 0.3) is 0 Å². The van der Waals surface area contributed by atoms with Crippen LogP contribution in [0.5, 0.6) is 0 Å². The van der Waals surface area contributed by atoms with E-state index in [4.69, 9.17) is 0 Å². The van der Waals surface area contributed by atoms with Gasteiger partial charge >= 0.3 is 0 Å². The Balaban J connectivity index is 1.55. The van der Waals surface area contributed by atoms with E-state index < -0.39 is 0 Å². The maximum absolute atomic E-state index is 12.4. The second-order valence-electron chi connectivity index (χ2n) is 6.67. The molecule has 3 rings (SSSR count). The highest BCUT2D eigenvalue weighted by Crippen LogP contribution is 2.35. The standard InChI is InChI=1S/C20H24N2O3/c1-2-17(14-8-4-3-5-9-14)21-18(23)12-13-22-19(24)15-10-6-7-11-16(15)20(22)25/h3-9,15-17H,2,10-13H2,1H3,(H,21,23)/t15-,16+,17-/m1/s1. The second kappa shape index (κ2) is 7.64. The molecule has 25 heavy (non-hydrogen) atoms. The molecule has 0 aromatic heterocycles. The van der Waals surface area contributed by atoms with Gasteiger partial charge in [-0.15, -0.1) is 0 Å². The van der Waals surface area contributed by atoms with Gasteiger partial charge in [0.15, 0.2) is 0 Å². The number of hydrogen-bond acceptors (Lipinski definition) is 3. The maximum atomic E-state index is 12.4. The van der Waals surface area contributed by atoms with Crippen molar-refractivity contribution in [3.8, 4) is 0 Å². The first-order valence-corrected chi connectivity index (χ1v) is 8.96. The topological polar surface area (TPSA) is 66.5 Å². The molecule has 132 valence electrons. The Labute approximate surface area is 148 Å². The van der Waals surface area contributed by atoms with E-state index in [2.05, 4.69) is 5.32 Å². The molecule has 1 saturated heterocycles. The summed E-state index contributed by atoms with van der Waals surface area (Å²) >= 11 is 0. The Hall–Kier alpha value is -2.43. The van der Waals surface area contributed by atoms with Crippen molar-refractivity contribution in [2.24, 2.45) is 11.8 Å². The molecule has 1 aliphatic carbocycles. The first-order valence-electron chi connectivity index (χ1n) is 8.96. The number of likely N-dealkylation sites (tertiary alicyclic amines) is 1. The molecule has 0 bridgehead atoms. The first-order chi connectivity index (χ1) is 12.1. The molecule has 5 nitrogen and oxygen atoms in total. The van der Waals surface area contributed by atoms with Crippen molar-refractivity contribution in [3.05, 3.63) is 48.0 Å². The molecule has 3 atom stereocenters. The summed E-state index contributed by atoms with van der Waals surface area (Å²) in [6.45, 7) is 2.19. The van der Waals surface area contributed by atoms with Gasteiger partial charge in [0.05, 0.1) is 17.9 Å². The quantitative estimate of drug-likeness (QED) is 0.639. The molecule has 1 aromatic rings. The van der Waals surface area contributed by atoms with Crippen LogP contribution in [0.2, 0.25) is 0 Å². The number of hydrogen-bond donors (Lipinski definition) is 1. The van der Waals surface area contributed by atoms with Gasteiger partial charge in [0.1, 0.15) is 0 Å². The lowest BCUT2D eigenvalue weighted by atomic mass is 9.85. The third kappa shape index (κ3) is 3.65. The van der Waals surface area contributed by atoms with Crippen molar-refractivity contribution in [1.29, 1.82) is 0 Å². The highest BCUT2D eigenvalue weighted by molar-refractivity contribution is 6.05.